The van der Waals surface area contributed by atoms with Gasteiger partial charge in [0.2, 0.25) is 0 Å². The first-order chi connectivity index (χ1) is 17.2. The maximum atomic E-state index is 11.5. The zero-order valence-electron chi connectivity index (χ0n) is 20.1. The van der Waals surface area contributed by atoms with Crippen molar-refractivity contribution >= 4 is 16.9 Å². The van der Waals surface area contributed by atoms with E-state index < -0.39 is 5.97 Å². The number of aromatic carboxylic acids is 1. The van der Waals surface area contributed by atoms with Gasteiger partial charge in [-0.2, -0.15) is 0 Å². The summed E-state index contributed by atoms with van der Waals surface area (Å²) in [5.41, 5.74) is 5.04. The van der Waals surface area contributed by atoms with Gasteiger partial charge in [-0.3, -0.25) is 15.0 Å². The van der Waals surface area contributed by atoms with E-state index in [4.69, 9.17) is 0 Å². The van der Waals surface area contributed by atoms with Crippen LogP contribution in [0.25, 0.3) is 22.2 Å². The lowest BCUT2D eigenvalue weighted by Crippen LogP contribution is -2.23. The van der Waals surface area contributed by atoms with E-state index in [9.17, 15) is 20.1 Å². The number of aromatic nitrogens is 3. The van der Waals surface area contributed by atoms with Crippen LogP contribution in [0.3, 0.4) is 0 Å². The second-order valence-corrected chi connectivity index (χ2v) is 8.07. The van der Waals surface area contributed by atoms with E-state index in [1.54, 1.807) is 42.7 Å². The third-order valence-electron chi connectivity index (χ3n) is 5.01. The van der Waals surface area contributed by atoms with Crippen molar-refractivity contribution in [1.29, 1.82) is 0 Å². The minimum absolute atomic E-state index is 0.00694. The zero-order valence-corrected chi connectivity index (χ0v) is 20.1. The number of carboxylic acid groups (broad SMARTS) is 1. The molecule has 7 heteroatoms. The minimum atomic E-state index is -1.24. The van der Waals surface area contributed by atoms with Crippen LogP contribution in [-0.2, 0) is 0 Å². The fourth-order valence-electron chi connectivity index (χ4n) is 3.14. The van der Waals surface area contributed by atoms with E-state index >= 15 is 0 Å². The molecule has 0 aliphatic heterocycles. The number of carbonyl (C=O) groups is 1. The summed E-state index contributed by atoms with van der Waals surface area (Å²) in [5, 5.41) is 33.7. The molecule has 0 N–H and O–H groups in total. The lowest BCUT2D eigenvalue weighted by molar-refractivity contribution is -0.267. The summed E-state index contributed by atoms with van der Waals surface area (Å²) in [4.78, 5) is 22.0. The van der Waals surface area contributed by atoms with Gasteiger partial charge < -0.3 is 20.1 Å². The molecule has 0 atom stereocenters. The predicted octanol–water partition coefficient (Wildman–Crippen LogP) is 3.50. The van der Waals surface area contributed by atoms with Gasteiger partial charge in [0, 0.05) is 18.6 Å². The molecule has 0 bridgehead atoms. The van der Waals surface area contributed by atoms with Gasteiger partial charge in [0.05, 0.1) is 22.9 Å². The fourth-order valence-corrected chi connectivity index (χ4v) is 3.14. The van der Waals surface area contributed by atoms with E-state index in [1.165, 1.54) is 18.3 Å². The third kappa shape index (κ3) is 7.11. The van der Waals surface area contributed by atoms with Crippen molar-refractivity contribution in [3.05, 3.63) is 114 Å². The number of benzene rings is 2. The number of aryl methyl sites for hydroxylation is 3. The number of carboxylic acids is 1. The molecule has 36 heavy (non-hydrogen) atoms. The number of pyridine rings is 3. The maximum absolute atomic E-state index is 11.5. The highest BCUT2D eigenvalue weighted by molar-refractivity contribution is 5.84. The van der Waals surface area contributed by atoms with Crippen molar-refractivity contribution in [1.82, 2.24) is 15.0 Å². The van der Waals surface area contributed by atoms with E-state index in [0.29, 0.717) is 11.1 Å². The summed E-state index contributed by atoms with van der Waals surface area (Å²) >= 11 is 0. The van der Waals surface area contributed by atoms with Gasteiger partial charge in [0.15, 0.2) is 0 Å². The molecule has 0 saturated carbocycles. The quantitative estimate of drug-likeness (QED) is 0.380. The Kier molecular flexibility index (Phi) is 8.67. The monoisotopic (exact) mass is 478 g/mol. The summed E-state index contributed by atoms with van der Waals surface area (Å²) < 4.78 is 0. The Morgan fingerprint density at radius 1 is 0.667 bits per heavy atom. The van der Waals surface area contributed by atoms with Crippen molar-refractivity contribution in [2.24, 2.45) is 0 Å². The summed E-state index contributed by atoms with van der Waals surface area (Å²) in [5.74, 6) is -1.23. The molecule has 182 valence electrons. The first kappa shape index (κ1) is 25.8. The number of hydrogen-bond donors (Lipinski definition) is 0. The first-order valence-corrected chi connectivity index (χ1v) is 11.1. The average molecular weight is 479 g/mol. The summed E-state index contributed by atoms with van der Waals surface area (Å²) in [6, 6.07) is 21.0. The van der Waals surface area contributed by atoms with Crippen LogP contribution in [0.4, 0.5) is 0 Å². The Hall–Kier alpha value is -4.78. The van der Waals surface area contributed by atoms with Gasteiger partial charge in [-0.1, -0.05) is 66.1 Å². The fraction of sp³-hybridized carbons (Fsp3) is 0.103. The van der Waals surface area contributed by atoms with Crippen molar-refractivity contribution in [2.75, 3.05) is 0 Å². The predicted molar refractivity (Wildman–Crippen MR) is 133 cm³/mol. The molecule has 0 amide bonds. The molecule has 0 aliphatic carbocycles. The highest BCUT2D eigenvalue weighted by Crippen LogP contribution is 2.24. The third-order valence-corrected chi connectivity index (χ3v) is 5.01. The molecule has 3 aromatic heterocycles. The van der Waals surface area contributed by atoms with Crippen LogP contribution in [0, 0.1) is 20.8 Å². The molecule has 0 saturated heterocycles. The zero-order chi connectivity index (χ0) is 26.1. The summed E-state index contributed by atoms with van der Waals surface area (Å²) in [7, 11) is 0. The van der Waals surface area contributed by atoms with Crippen molar-refractivity contribution in [3.8, 4) is 22.8 Å². The molecular weight excluding hydrogens is 454 g/mol. The van der Waals surface area contributed by atoms with Crippen LogP contribution >= 0.6 is 0 Å². The second-order valence-electron chi connectivity index (χ2n) is 8.07. The Balaban J connectivity index is 0.000000153. The molecule has 5 rings (SSSR count). The summed E-state index contributed by atoms with van der Waals surface area (Å²) in [6.45, 7) is 5.77. The van der Waals surface area contributed by atoms with Crippen molar-refractivity contribution < 1.29 is 20.1 Å². The van der Waals surface area contributed by atoms with Crippen LogP contribution in [-0.4, -0.2) is 20.9 Å². The number of rotatable bonds is 2. The molecule has 0 radical (unpaired) electrons. The van der Waals surface area contributed by atoms with E-state index in [1.807, 2.05) is 51.1 Å². The van der Waals surface area contributed by atoms with E-state index in [-0.39, 0.29) is 17.2 Å². The minimum Gasteiger partial charge on any atom is -0.872 e. The molecule has 2 aromatic carbocycles. The molecule has 5 aromatic rings. The van der Waals surface area contributed by atoms with Gasteiger partial charge in [-0.15, -0.1) is 0 Å². The van der Waals surface area contributed by atoms with Crippen LogP contribution in [0.15, 0.2) is 91.4 Å². The standard InChI is InChI=1S/C12H11NO.C10H9NO.C7H7NO2/c1-9-6-7-11(13-8-9)10-4-2-3-5-12(10)14;1-7-5-8-3-2-4-9(12)10(8)11-6-7;1-5-2-3-6(7(9)10)8-4-5/h2-8,14H,1H3;2-6,12H,1H3;2-4H,1H3,(H,9,10)/p-3. The molecule has 0 unspecified atom stereocenters. The van der Waals surface area contributed by atoms with E-state index in [0.717, 1.165) is 27.8 Å². The smallest absolute Gasteiger partial charge is 0.0899 e. The second kappa shape index (κ2) is 12.1. The van der Waals surface area contributed by atoms with Gasteiger partial charge in [0.1, 0.15) is 0 Å². The highest BCUT2D eigenvalue weighted by Gasteiger charge is 1.98. The molecule has 0 spiro atoms. The number of hydrogen-bond acceptors (Lipinski definition) is 7. The Labute approximate surface area is 209 Å². The lowest BCUT2D eigenvalue weighted by atomic mass is 10.1. The van der Waals surface area contributed by atoms with Gasteiger partial charge in [0.25, 0.3) is 0 Å². The van der Waals surface area contributed by atoms with Crippen LogP contribution in [0.2, 0.25) is 0 Å². The van der Waals surface area contributed by atoms with Crippen molar-refractivity contribution in [2.45, 2.75) is 20.8 Å². The number of para-hydroxylation sites is 2. The van der Waals surface area contributed by atoms with Crippen LogP contribution < -0.4 is 15.3 Å². The number of carbonyl (C=O) groups excluding carboxylic acids is 1. The molecule has 7 nitrogen and oxygen atoms in total. The average Bonchev–Trinajstić information content (AvgIpc) is 2.86. The molecule has 3 heterocycles. The maximum Gasteiger partial charge on any atom is 0.0899 e. The topological polar surface area (TPSA) is 125 Å². The van der Waals surface area contributed by atoms with Crippen molar-refractivity contribution in [3.63, 3.8) is 0 Å². The SMILES string of the molecule is Cc1ccc(-c2ccccc2[O-])nc1.Cc1ccc(C(=O)[O-])nc1.Cc1cnc2c([O-])cccc2c1. The molecule has 0 aliphatic rings. The molecule has 0 fully saturated rings. The molecular formula is C29H24N3O4-3. The normalized spacial score (nSPS) is 9.97. The van der Waals surface area contributed by atoms with E-state index in [2.05, 4.69) is 15.0 Å². The van der Waals surface area contributed by atoms with Crippen LogP contribution in [0.1, 0.15) is 27.2 Å². The number of fused-ring (bicyclic) bond motifs is 1. The lowest BCUT2D eigenvalue weighted by Gasteiger charge is -2.11. The largest absolute Gasteiger partial charge is 0.872 e. The van der Waals surface area contributed by atoms with Crippen LogP contribution in [0.5, 0.6) is 11.5 Å². The van der Waals surface area contributed by atoms with Gasteiger partial charge in [-0.25, -0.2) is 0 Å². The number of nitrogens with zero attached hydrogens (tertiary/aromatic N) is 3. The first-order valence-electron chi connectivity index (χ1n) is 11.1. The Morgan fingerprint density at radius 2 is 1.31 bits per heavy atom. The van der Waals surface area contributed by atoms with Gasteiger partial charge in [-0.05, 0) is 66.6 Å². The highest BCUT2D eigenvalue weighted by atomic mass is 16.4. The van der Waals surface area contributed by atoms with Gasteiger partial charge >= 0.3 is 0 Å². The Morgan fingerprint density at radius 3 is 1.92 bits per heavy atom. The summed E-state index contributed by atoms with van der Waals surface area (Å²) in [6.07, 6.45) is 4.97. The Bertz CT molecular complexity index is 1450.